The summed E-state index contributed by atoms with van der Waals surface area (Å²) >= 11 is 0. The van der Waals surface area contributed by atoms with Gasteiger partial charge in [0, 0.05) is 49.0 Å². The van der Waals surface area contributed by atoms with Crippen LogP contribution in [0.2, 0.25) is 0 Å². The molecular formula is C24H23N7O2. The predicted molar refractivity (Wildman–Crippen MR) is 128 cm³/mol. The number of rotatable bonds is 4. The number of pyridine rings is 1. The molecule has 1 aliphatic heterocycles. The maximum absolute atomic E-state index is 6.29. The van der Waals surface area contributed by atoms with Crippen molar-refractivity contribution < 1.29 is 9.47 Å². The number of nitrogens with zero attached hydrogens (tertiary/aromatic N) is 5. The molecule has 0 bridgehead atoms. The van der Waals surface area contributed by atoms with E-state index in [1.165, 1.54) is 0 Å². The number of hydrogen-bond acceptors (Lipinski definition) is 7. The number of morpholine rings is 1. The first-order chi connectivity index (χ1) is 16.2. The number of nitrogens with one attached hydrogen (secondary N) is 1. The molecule has 9 nitrogen and oxygen atoms in total. The molecule has 1 aromatic carbocycles. The number of ether oxygens (including phenoxy) is 2. The Kier molecular flexibility index (Phi) is 4.62. The van der Waals surface area contributed by atoms with Gasteiger partial charge in [-0.2, -0.15) is 0 Å². The number of nitrogen functional groups attached to an aromatic ring is 1. The summed E-state index contributed by atoms with van der Waals surface area (Å²) in [6, 6.07) is 10.1. The molecule has 166 valence electrons. The van der Waals surface area contributed by atoms with Crippen LogP contribution < -0.4 is 15.4 Å². The Morgan fingerprint density at radius 1 is 1.03 bits per heavy atom. The highest BCUT2D eigenvalue weighted by Gasteiger charge is 2.18. The molecule has 0 atom stereocenters. The smallest absolute Gasteiger partial charge is 0.180 e. The molecule has 5 heterocycles. The van der Waals surface area contributed by atoms with E-state index in [0.717, 1.165) is 71.3 Å². The lowest BCUT2D eigenvalue weighted by molar-refractivity contribution is 0.122. The van der Waals surface area contributed by atoms with Gasteiger partial charge in [0.1, 0.15) is 5.75 Å². The monoisotopic (exact) mass is 441 g/mol. The van der Waals surface area contributed by atoms with Crippen LogP contribution in [-0.4, -0.2) is 57.7 Å². The fourth-order valence-electron chi connectivity index (χ4n) is 4.28. The third kappa shape index (κ3) is 3.42. The Bertz CT molecular complexity index is 1470. The van der Waals surface area contributed by atoms with Crippen LogP contribution in [0.15, 0.2) is 55.1 Å². The Morgan fingerprint density at radius 3 is 2.67 bits per heavy atom. The molecule has 0 spiro atoms. The van der Waals surface area contributed by atoms with Gasteiger partial charge in [0.05, 0.1) is 48.4 Å². The number of hydrogen-bond donors (Lipinski definition) is 2. The Morgan fingerprint density at radius 2 is 1.85 bits per heavy atom. The van der Waals surface area contributed by atoms with Crippen LogP contribution in [0.1, 0.15) is 0 Å². The van der Waals surface area contributed by atoms with E-state index < -0.39 is 0 Å². The normalized spacial score (nSPS) is 14.3. The minimum absolute atomic E-state index is 0.363. The van der Waals surface area contributed by atoms with E-state index in [1.54, 1.807) is 13.3 Å². The fraction of sp³-hybridized carbons (Fsp3) is 0.208. The van der Waals surface area contributed by atoms with Crippen LogP contribution in [0.3, 0.4) is 0 Å². The topological polar surface area (TPSA) is 107 Å². The van der Waals surface area contributed by atoms with E-state index in [-0.39, 0.29) is 0 Å². The van der Waals surface area contributed by atoms with Gasteiger partial charge in [0.2, 0.25) is 0 Å². The van der Waals surface area contributed by atoms with Crippen molar-refractivity contribution in [1.29, 1.82) is 0 Å². The van der Waals surface area contributed by atoms with Crippen LogP contribution in [0, 0.1) is 0 Å². The van der Waals surface area contributed by atoms with Crippen LogP contribution in [0.25, 0.3) is 39.2 Å². The largest absolute Gasteiger partial charge is 0.495 e. The quantitative estimate of drug-likeness (QED) is 0.440. The maximum atomic E-state index is 6.29. The number of methoxy groups -OCH3 is 1. The molecule has 3 N–H and O–H groups in total. The minimum Gasteiger partial charge on any atom is -0.495 e. The second-order valence-electron chi connectivity index (χ2n) is 7.99. The summed E-state index contributed by atoms with van der Waals surface area (Å²) < 4.78 is 13.1. The van der Waals surface area contributed by atoms with Gasteiger partial charge in [-0.15, -0.1) is 0 Å². The molecule has 0 aliphatic carbocycles. The molecule has 33 heavy (non-hydrogen) atoms. The lowest BCUT2D eigenvalue weighted by Gasteiger charge is -2.30. The summed E-state index contributed by atoms with van der Waals surface area (Å²) in [5.74, 6) is 1.17. The highest BCUT2D eigenvalue weighted by molar-refractivity contribution is 5.81. The van der Waals surface area contributed by atoms with Gasteiger partial charge in [0.15, 0.2) is 11.5 Å². The fourth-order valence-corrected chi connectivity index (χ4v) is 4.28. The van der Waals surface area contributed by atoms with E-state index in [0.29, 0.717) is 11.5 Å². The lowest BCUT2D eigenvalue weighted by Crippen LogP contribution is -2.36. The average Bonchev–Trinajstić information content (AvgIpc) is 3.51. The summed E-state index contributed by atoms with van der Waals surface area (Å²) in [4.78, 5) is 19.3. The Hall–Kier alpha value is -4.11. The number of fused-ring (bicyclic) bond motifs is 2. The first-order valence-electron chi connectivity index (χ1n) is 10.8. The van der Waals surface area contributed by atoms with Gasteiger partial charge in [-0.1, -0.05) is 6.07 Å². The number of benzene rings is 1. The molecule has 0 unspecified atom stereocenters. The molecule has 1 fully saturated rings. The van der Waals surface area contributed by atoms with Crippen molar-refractivity contribution in [2.45, 2.75) is 0 Å². The van der Waals surface area contributed by atoms with Gasteiger partial charge >= 0.3 is 0 Å². The second kappa shape index (κ2) is 7.79. The average molecular weight is 441 g/mol. The lowest BCUT2D eigenvalue weighted by atomic mass is 10.1. The zero-order chi connectivity index (χ0) is 22.4. The van der Waals surface area contributed by atoms with E-state index in [4.69, 9.17) is 20.2 Å². The van der Waals surface area contributed by atoms with Crippen LogP contribution in [0.5, 0.6) is 5.75 Å². The van der Waals surface area contributed by atoms with Crippen LogP contribution >= 0.6 is 0 Å². The molecule has 0 radical (unpaired) electrons. The van der Waals surface area contributed by atoms with Crippen molar-refractivity contribution in [1.82, 2.24) is 24.3 Å². The van der Waals surface area contributed by atoms with Crippen molar-refractivity contribution in [3.63, 3.8) is 0 Å². The summed E-state index contributed by atoms with van der Waals surface area (Å²) in [7, 11) is 1.69. The van der Waals surface area contributed by atoms with Gasteiger partial charge in [-0.3, -0.25) is 4.98 Å². The first-order valence-corrected chi connectivity index (χ1v) is 10.8. The highest BCUT2D eigenvalue weighted by Crippen LogP contribution is 2.34. The third-order valence-corrected chi connectivity index (χ3v) is 5.99. The summed E-state index contributed by atoms with van der Waals surface area (Å²) in [5, 5.41) is 0. The number of anilines is 2. The zero-order valence-electron chi connectivity index (χ0n) is 18.2. The molecule has 1 saturated heterocycles. The van der Waals surface area contributed by atoms with Crippen molar-refractivity contribution in [3.8, 4) is 28.3 Å². The SMILES string of the molecule is COc1cc(-c2cn3cc(-c4cnc5cc[nH]c5c4)nc(N)c3n2)ccc1N1CCOCC1. The van der Waals surface area contributed by atoms with E-state index >= 15 is 0 Å². The number of imidazole rings is 1. The molecule has 6 rings (SSSR count). The molecular weight excluding hydrogens is 418 g/mol. The number of nitrogens with two attached hydrogens (primary N) is 1. The Balaban J connectivity index is 1.39. The van der Waals surface area contributed by atoms with Crippen molar-refractivity contribution >= 4 is 28.2 Å². The predicted octanol–water partition coefficient (Wildman–Crippen LogP) is 3.37. The van der Waals surface area contributed by atoms with Gasteiger partial charge < -0.3 is 29.5 Å². The number of H-pyrrole nitrogens is 1. The van der Waals surface area contributed by atoms with Gasteiger partial charge in [-0.05, 0) is 24.3 Å². The zero-order valence-corrected chi connectivity index (χ0v) is 18.2. The highest BCUT2D eigenvalue weighted by atomic mass is 16.5. The molecule has 0 saturated carbocycles. The van der Waals surface area contributed by atoms with Crippen LogP contribution in [-0.2, 0) is 4.74 Å². The van der Waals surface area contributed by atoms with Crippen molar-refractivity contribution in [3.05, 3.63) is 55.1 Å². The molecule has 0 amide bonds. The summed E-state index contributed by atoms with van der Waals surface area (Å²) in [5.41, 5.74) is 13.2. The summed E-state index contributed by atoms with van der Waals surface area (Å²) in [6.45, 7) is 3.13. The van der Waals surface area contributed by atoms with Crippen molar-refractivity contribution in [2.75, 3.05) is 44.0 Å². The second-order valence-corrected chi connectivity index (χ2v) is 7.99. The maximum Gasteiger partial charge on any atom is 0.180 e. The van der Waals surface area contributed by atoms with E-state index in [2.05, 4.69) is 32.0 Å². The van der Waals surface area contributed by atoms with E-state index in [1.807, 2.05) is 41.2 Å². The summed E-state index contributed by atoms with van der Waals surface area (Å²) in [6.07, 6.45) is 7.55. The third-order valence-electron chi connectivity index (χ3n) is 5.99. The standard InChI is InChI=1S/C24H23N7O2/c1-32-22-11-15(2-3-21(22)30-6-8-33-9-7-30)19-13-31-14-20(28-23(25)24(31)29-19)16-10-18-17(27-12-16)4-5-26-18/h2-5,10-14,26H,6-9H2,1H3,(H2,25,28). The van der Waals surface area contributed by atoms with Crippen molar-refractivity contribution in [2.24, 2.45) is 0 Å². The Labute approximate surface area is 189 Å². The van der Waals surface area contributed by atoms with Crippen LogP contribution in [0.4, 0.5) is 11.5 Å². The molecule has 5 aromatic rings. The van der Waals surface area contributed by atoms with Gasteiger partial charge in [0.25, 0.3) is 0 Å². The molecule has 4 aromatic heterocycles. The van der Waals surface area contributed by atoms with Gasteiger partial charge in [-0.25, -0.2) is 9.97 Å². The minimum atomic E-state index is 0.363. The molecule has 1 aliphatic rings. The van der Waals surface area contributed by atoms with E-state index in [9.17, 15) is 0 Å². The number of aromatic nitrogens is 5. The first kappa shape index (κ1) is 19.6. The molecule has 9 heteroatoms. The number of aromatic amines is 1.